The second-order valence-electron chi connectivity index (χ2n) is 9.03. The van der Waals surface area contributed by atoms with E-state index in [2.05, 4.69) is 39.0 Å². The van der Waals surface area contributed by atoms with Crippen molar-refractivity contribution in [1.29, 1.82) is 0 Å². The molecule has 1 heterocycles. The Balaban J connectivity index is 2.70. The minimum atomic E-state index is -0.547. The van der Waals surface area contributed by atoms with Crippen LogP contribution >= 0.6 is 0 Å². The standard InChI is InChI=1S/C24H42O4/c1-17-10-6-8-12-23(28-24(27)13-9-7-11-17)20(4)15-18(2)14-19(3)22(26)16-21(5)25/h6,8,14,17,19-23,25-26H,7,9-13,15-16H2,1-5H3/b8-6+,18-14+/t17?,19-,20+,21-,22-,23-/m1/s1. The second-order valence-corrected chi connectivity index (χ2v) is 9.03. The number of cyclic esters (lactones) is 1. The molecule has 1 unspecified atom stereocenters. The Kier molecular flexibility index (Phi) is 11.7. The molecule has 28 heavy (non-hydrogen) atoms. The zero-order valence-electron chi connectivity index (χ0n) is 18.6. The van der Waals surface area contributed by atoms with Gasteiger partial charge in [0.05, 0.1) is 12.2 Å². The molecule has 0 aromatic carbocycles. The van der Waals surface area contributed by atoms with Crippen LogP contribution in [0.5, 0.6) is 0 Å². The van der Waals surface area contributed by atoms with Gasteiger partial charge < -0.3 is 14.9 Å². The maximum atomic E-state index is 12.2. The molecule has 1 aliphatic heterocycles. The number of ether oxygens (including phenoxy) is 1. The predicted octanol–water partition coefficient (Wildman–Crippen LogP) is 5.19. The van der Waals surface area contributed by atoms with Crippen molar-refractivity contribution >= 4 is 5.97 Å². The molecule has 0 radical (unpaired) electrons. The number of carbonyl (C=O) groups excluding carboxylic acids is 1. The van der Waals surface area contributed by atoms with Gasteiger partial charge in [0.2, 0.25) is 0 Å². The monoisotopic (exact) mass is 394 g/mol. The Hall–Kier alpha value is -1.13. The first-order chi connectivity index (χ1) is 13.2. The van der Waals surface area contributed by atoms with E-state index in [1.54, 1.807) is 6.92 Å². The quantitative estimate of drug-likeness (QED) is 0.461. The van der Waals surface area contributed by atoms with Crippen LogP contribution in [-0.2, 0) is 9.53 Å². The first-order valence-corrected chi connectivity index (χ1v) is 11.1. The summed E-state index contributed by atoms with van der Waals surface area (Å²) in [5.41, 5.74) is 1.18. The summed E-state index contributed by atoms with van der Waals surface area (Å²) in [6, 6.07) is 0. The Morgan fingerprint density at radius 1 is 1.21 bits per heavy atom. The molecule has 1 rings (SSSR count). The molecular formula is C24H42O4. The van der Waals surface area contributed by atoms with E-state index in [9.17, 15) is 15.0 Å². The second kappa shape index (κ2) is 13.2. The first-order valence-electron chi connectivity index (χ1n) is 11.1. The first kappa shape index (κ1) is 24.9. The molecule has 0 saturated carbocycles. The summed E-state index contributed by atoms with van der Waals surface area (Å²) in [5, 5.41) is 19.6. The van der Waals surface area contributed by atoms with Gasteiger partial charge in [0.25, 0.3) is 0 Å². The van der Waals surface area contributed by atoms with Crippen molar-refractivity contribution in [3.63, 3.8) is 0 Å². The van der Waals surface area contributed by atoms with Gasteiger partial charge >= 0.3 is 5.97 Å². The Labute approximate surface area is 172 Å². The van der Waals surface area contributed by atoms with Gasteiger partial charge in [0, 0.05) is 18.8 Å². The van der Waals surface area contributed by atoms with Crippen LogP contribution in [0.1, 0.15) is 86.0 Å². The number of allylic oxidation sites excluding steroid dienone is 2. The SMILES string of the molecule is C/C(=C\[C@@H](C)[C@H](O)C[C@@H](C)O)C[C@H](C)[C@H]1C/C=C/CC(C)CCCCC(=O)O1. The molecule has 6 atom stereocenters. The number of carbonyl (C=O) groups is 1. The molecule has 0 fully saturated rings. The zero-order chi connectivity index (χ0) is 21.1. The number of rotatable bonds is 7. The highest BCUT2D eigenvalue weighted by Crippen LogP contribution is 2.24. The van der Waals surface area contributed by atoms with E-state index in [0.717, 1.165) is 32.1 Å². The number of aliphatic hydroxyl groups excluding tert-OH is 2. The van der Waals surface area contributed by atoms with Crippen LogP contribution in [0, 0.1) is 17.8 Å². The smallest absolute Gasteiger partial charge is 0.306 e. The van der Waals surface area contributed by atoms with E-state index < -0.39 is 12.2 Å². The van der Waals surface area contributed by atoms with Gasteiger partial charge in [0.15, 0.2) is 0 Å². The van der Waals surface area contributed by atoms with Gasteiger partial charge in [-0.1, -0.05) is 57.4 Å². The van der Waals surface area contributed by atoms with Crippen molar-refractivity contribution in [3.05, 3.63) is 23.8 Å². The molecule has 1 aliphatic rings. The molecule has 0 saturated heterocycles. The van der Waals surface area contributed by atoms with Crippen molar-refractivity contribution in [1.82, 2.24) is 0 Å². The van der Waals surface area contributed by atoms with Crippen molar-refractivity contribution in [3.8, 4) is 0 Å². The average Bonchev–Trinajstić information content (AvgIpc) is 2.59. The van der Waals surface area contributed by atoms with Crippen LogP contribution in [0.25, 0.3) is 0 Å². The largest absolute Gasteiger partial charge is 0.462 e. The lowest BCUT2D eigenvalue weighted by Crippen LogP contribution is -2.26. The molecule has 0 spiro atoms. The van der Waals surface area contributed by atoms with Crippen LogP contribution in [0.15, 0.2) is 23.8 Å². The third-order valence-corrected chi connectivity index (χ3v) is 5.70. The highest BCUT2D eigenvalue weighted by Gasteiger charge is 2.22. The Morgan fingerprint density at radius 3 is 2.57 bits per heavy atom. The van der Waals surface area contributed by atoms with Gasteiger partial charge in [-0.3, -0.25) is 4.79 Å². The van der Waals surface area contributed by atoms with Crippen molar-refractivity contribution in [2.45, 2.75) is 104 Å². The van der Waals surface area contributed by atoms with Gasteiger partial charge in [0.1, 0.15) is 6.10 Å². The summed E-state index contributed by atoms with van der Waals surface area (Å²) in [4.78, 5) is 12.2. The molecule has 162 valence electrons. The number of hydrogen-bond donors (Lipinski definition) is 2. The Morgan fingerprint density at radius 2 is 1.89 bits per heavy atom. The fourth-order valence-corrected chi connectivity index (χ4v) is 3.89. The van der Waals surface area contributed by atoms with Crippen LogP contribution < -0.4 is 0 Å². The molecule has 4 nitrogen and oxygen atoms in total. The fraction of sp³-hybridized carbons (Fsp3) is 0.792. The fourth-order valence-electron chi connectivity index (χ4n) is 3.89. The highest BCUT2D eigenvalue weighted by molar-refractivity contribution is 5.69. The average molecular weight is 395 g/mol. The lowest BCUT2D eigenvalue weighted by molar-refractivity contribution is -0.151. The van der Waals surface area contributed by atoms with Gasteiger partial charge in [-0.2, -0.15) is 0 Å². The summed E-state index contributed by atoms with van der Waals surface area (Å²) in [6.45, 7) is 10.1. The molecule has 2 N–H and O–H groups in total. The van der Waals surface area contributed by atoms with E-state index in [-0.39, 0.29) is 23.9 Å². The molecule has 0 amide bonds. The van der Waals surface area contributed by atoms with Gasteiger partial charge in [-0.05, 0) is 51.4 Å². The van der Waals surface area contributed by atoms with Crippen molar-refractivity contribution < 1.29 is 19.7 Å². The van der Waals surface area contributed by atoms with Crippen LogP contribution in [-0.4, -0.2) is 34.5 Å². The minimum Gasteiger partial charge on any atom is -0.462 e. The number of esters is 1. The molecule has 0 aliphatic carbocycles. The van der Waals surface area contributed by atoms with Gasteiger partial charge in [-0.25, -0.2) is 0 Å². The maximum Gasteiger partial charge on any atom is 0.306 e. The topological polar surface area (TPSA) is 66.8 Å². The molecular weight excluding hydrogens is 352 g/mol. The number of hydrogen-bond acceptors (Lipinski definition) is 4. The van der Waals surface area contributed by atoms with Crippen molar-refractivity contribution in [2.75, 3.05) is 0 Å². The minimum absolute atomic E-state index is 0.0120. The van der Waals surface area contributed by atoms with E-state index in [1.165, 1.54) is 12.0 Å². The normalized spacial score (nSPS) is 28.2. The van der Waals surface area contributed by atoms with E-state index in [4.69, 9.17) is 4.74 Å². The van der Waals surface area contributed by atoms with Crippen LogP contribution in [0.4, 0.5) is 0 Å². The molecule has 0 aromatic heterocycles. The molecule has 4 heteroatoms. The number of aliphatic hydroxyl groups is 2. The summed E-state index contributed by atoms with van der Waals surface area (Å²) in [7, 11) is 0. The lowest BCUT2D eigenvalue weighted by atomic mass is 9.90. The molecule has 0 bridgehead atoms. The van der Waals surface area contributed by atoms with Crippen LogP contribution in [0.2, 0.25) is 0 Å². The predicted molar refractivity (Wildman–Crippen MR) is 115 cm³/mol. The summed E-state index contributed by atoms with van der Waals surface area (Å²) >= 11 is 0. The highest BCUT2D eigenvalue weighted by atomic mass is 16.5. The van der Waals surface area contributed by atoms with E-state index >= 15 is 0 Å². The van der Waals surface area contributed by atoms with E-state index in [1.807, 2.05) is 6.92 Å². The van der Waals surface area contributed by atoms with Crippen LogP contribution in [0.3, 0.4) is 0 Å². The lowest BCUT2D eigenvalue weighted by Gasteiger charge is -2.25. The van der Waals surface area contributed by atoms with Gasteiger partial charge in [-0.15, -0.1) is 0 Å². The van der Waals surface area contributed by atoms with E-state index in [0.29, 0.717) is 18.8 Å². The maximum absolute atomic E-state index is 12.2. The third kappa shape index (κ3) is 10.4. The molecule has 0 aromatic rings. The van der Waals surface area contributed by atoms with Crippen molar-refractivity contribution in [2.24, 2.45) is 17.8 Å². The summed E-state index contributed by atoms with van der Waals surface area (Å²) < 4.78 is 5.82. The zero-order valence-corrected chi connectivity index (χ0v) is 18.6. The third-order valence-electron chi connectivity index (χ3n) is 5.70. The summed E-state index contributed by atoms with van der Waals surface area (Å²) in [5.74, 6) is 0.788. The Bertz CT molecular complexity index is 509. The summed E-state index contributed by atoms with van der Waals surface area (Å²) in [6.07, 6.45) is 12.0.